The molecule has 0 aliphatic carbocycles. The van der Waals surface area contributed by atoms with Crippen molar-refractivity contribution in [2.75, 3.05) is 6.54 Å². The molecule has 1 aromatic heterocycles. The molecule has 106 valence electrons. The van der Waals surface area contributed by atoms with Crippen LogP contribution in [-0.2, 0) is 17.6 Å². The lowest BCUT2D eigenvalue weighted by atomic mass is 10.1. The normalized spacial score (nSPS) is 10.6. The van der Waals surface area contributed by atoms with Gasteiger partial charge in [-0.1, -0.05) is 29.3 Å². The van der Waals surface area contributed by atoms with Crippen molar-refractivity contribution in [2.24, 2.45) is 0 Å². The van der Waals surface area contributed by atoms with E-state index < -0.39 is 0 Å². The number of aryl methyl sites for hydroxylation is 1. The van der Waals surface area contributed by atoms with Crippen LogP contribution in [0.15, 0.2) is 29.0 Å². The molecule has 0 unspecified atom stereocenters. The number of halogens is 2. The number of nitrogens with one attached hydrogen (secondary N) is 1. The Morgan fingerprint density at radius 2 is 2.20 bits per heavy atom. The molecule has 6 heteroatoms. The Hall–Kier alpha value is -1.52. The van der Waals surface area contributed by atoms with Gasteiger partial charge in [-0.15, -0.1) is 0 Å². The molecule has 1 amide bonds. The molecule has 4 nitrogen and oxygen atoms in total. The number of hydrogen-bond acceptors (Lipinski definition) is 3. The molecule has 0 atom stereocenters. The van der Waals surface area contributed by atoms with Gasteiger partial charge in [0.15, 0.2) is 6.39 Å². The third-order valence-electron chi connectivity index (χ3n) is 2.90. The summed E-state index contributed by atoms with van der Waals surface area (Å²) in [5.74, 6) is 0.488. The molecule has 0 saturated heterocycles. The summed E-state index contributed by atoms with van der Waals surface area (Å²) in [4.78, 5) is 15.7. The molecule has 0 spiro atoms. The van der Waals surface area contributed by atoms with E-state index in [2.05, 4.69) is 10.3 Å². The topological polar surface area (TPSA) is 55.1 Å². The molecule has 0 aliphatic heterocycles. The van der Waals surface area contributed by atoms with Gasteiger partial charge in [-0.3, -0.25) is 4.79 Å². The summed E-state index contributed by atoms with van der Waals surface area (Å²) in [5, 5.41) is 4.03. The van der Waals surface area contributed by atoms with Gasteiger partial charge in [0.05, 0.1) is 12.1 Å². The molecule has 2 rings (SSSR count). The maximum Gasteiger partial charge on any atom is 0.227 e. The van der Waals surface area contributed by atoms with Crippen LogP contribution in [0.3, 0.4) is 0 Å². The van der Waals surface area contributed by atoms with E-state index in [0.29, 0.717) is 28.8 Å². The third kappa shape index (κ3) is 3.99. The van der Waals surface area contributed by atoms with Crippen LogP contribution in [0.2, 0.25) is 10.0 Å². The SMILES string of the molecule is Cc1ncoc1CC(=O)NCCc1ccc(Cl)cc1Cl. The van der Waals surface area contributed by atoms with E-state index in [1.54, 1.807) is 19.1 Å². The number of rotatable bonds is 5. The van der Waals surface area contributed by atoms with Crippen LogP contribution in [0.4, 0.5) is 0 Å². The number of aromatic nitrogens is 1. The highest BCUT2D eigenvalue weighted by atomic mass is 35.5. The first-order chi connectivity index (χ1) is 9.56. The monoisotopic (exact) mass is 312 g/mol. The zero-order chi connectivity index (χ0) is 14.5. The van der Waals surface area contributed by atoms with E-state index in [-0.39, 0.29) is 12.3 Å². The Morgan fingerprint density at radius 1 is 1.40 bits per heavy atom. The summed E-state index contributed by atoms with van der Waals surface area (Å²) < 4.78 is 5.12. The third-order valence-corrected chi connectivity index (χ3v) is 3.48. The molecular weight excluding hydrogens is 299 g/mol. The molecule has 20 heavy (non-hydrogen) atoms. The minimum atomic E-state index is -0.102. The second kappa shape index (κ2) is 6.77. The van der Waals surface area contributed by atoms with Crippen molar-refractivity contribution in [3.05, 3.63) is 51.7 Å². The number of amides is 1. The minimum Gasteiger partial charge on any atom is -0.448 e. The van der Waals surface area contributed by atoms with Gasteiger partial charge in [0.1, 0.15) is 5.76 Å². The lowest BCUT2D eigenvalue weighted by Gasteiger charge is -2.06. The van der Waals surface area contributed by atoms with Crippen molar-refractivity contribution in [1.29, 1.82) is 0 Å². The Morgan fingerprint density at radius 3 is 2.85 bits per heavy atom. The largest absolute Gasteiger partial charge is 0.448 e. The summed E-state index contributed by atoms with van der Waals surface area (Å²) in [6.07, 6.45) is 2.18. The molecular formula is C14H14Cl2N2O2. The van der Waals surface area contributed by atoms with E-state index in [1.165, 1.54) is 6.39 Å². The Balaban J connectivity index is 1.81. The fourth-order valence-corrected chi connectivity index (χ4v) is 2.27. The fraction of sp³-hybridized carbons (Fsp3) is 0.286. The predicted molar refractivity (Wildman–Crippen MR) is 78.1 cm³/mol. The number of oxazole rings is 1. The number of carbonyl (C=O) groups is 1. The lowest BCUT2D eigenvalue weighted by Crippen LogP contribution is -2.27. The highest BCUT2D eigenvalue weighted by Crippen LogP contribution is 2.21. The van der Waals surface area contributed by atoms with Gasteiger partial charge in [-0.25, -0.2) is 4.98 Å². The number of nitrogens with zero attached hydrogens (tertiary/aromatic N) is 1. The van der Waals surface area contributed by atoms with Crippen LogP contribution in [0.1, 0.15) is 17.0 Å². The molecule has 0 aliphatic rings. The van der Waals surface area contributed by atoms with Crippen LogP contribution in [-0.4, -0.2) is 17.4 Å². The minimum absolute atomic E-state index is 0.102. The molecule has 0 radical (unpaired) electrons. The van der Waals surface area contributed by atoms with Gasteiger partial charge in [0.2, 0.25) is 5.91 Å². The highest BCUT2D eigenvalue weighted by molar-refractivity contribution is 6.35. The second-order valence-corrected chi connectivity index (χ2v) is 5.22. The van der Waals surface area contributed by atoms with E-state index in [0.717, 1.165) is 11.3 Å². The number of benzene rings is 1. The van der Waals surface area contributed by atoms with Crippen molar-refractivity contribution in [3.63, 3.8) is 0 Å². The van der Waals surface area contributed by atoms with Crippen molar-refractivity contribution in [2.45, 2.75) is 19.8 Å². The summed E-state index contributed by atoms with van der Waals surface area (Å²) in [7, 11) is 0. The zero-order valence-electron chi connectivity index (χ0n) is 11.0. The fourth-order valence-electron chi connectivity index (χ4n) is 1.77. The Labute approximate surface area is 127 Å². The second-order valence-electron chi connectivity index (χ2n) is 4.37. The number of carbonyl (C=O) groups excluding carboxylic acids is 1. The standard InChI is InChI=1S/C14H14Cl2N2O2/c1-9-13(20-8-18-9)7-14(19)17-5-4-10-2-3-11(15)6-12(10)16/h2-3,6,8H,4-5,7H2,1H3,(H,17,19). The highest BCUT2D eigenvalue weighted by Gasteiger charge is 2.09. The molecule has 1 heterocycles. The summed E-state index contributed by atoms with van der Waals surface area (Å²) in [5.41, 5.74) is 1.69. The van der Waals surface area contributed by atoms with Crippen LogP contribution >= 0.6 is 23.2 Å². The van der Waals surface area contributed by atoms with Gasteiger partial charge in [-0.05, 0) is 31.0 Å². The van der Waals surface area contributed by atoms with E-state index >= 15 is 0 Å². The first-order valence-electron chi connectivity index (χ1n) is 6.16. The van der Waals surface area contributed by atoms with Crippen LogP contribution in [0.5, 0.6) is 0 Å². The van der Waals surface area contributed by atoms with Crippen molar-refractivity contribution < 1.29 is 9.21 Å². The van der Waals surface area contributed by atoms with Crippen LogP contribution in [0, 0.1) is 6.92 Å². The quantitative estimate of drug-likeness (QED) is 0.922. The number of hydrogen-bond donors (Lipinski definition) is 1. The van der Waals surface area contributed by atoms with Crippen LogP contribution < -0.4 is 5.32 Å². The summed E-state index contributed by atoms with van der Waals surface area (Å²) in [6.45, 7) is 2.31. The first kappa shape index (κ1) is 14.9. The molecule has 1 N–H and O–H groups in total. The maximum absolute atomic E-state index is 11.7. The molecule has 0 bridgehead atoms. The summed E-state index contributed by atoms with van der Waals surface area (Å²) >= 11 is 11.9. The molecule has 1 aromatic carbocycles. The van der Waals surface area contributed by atoms with Crippen molar-refractivity contribution >= 4 is 29.1 Å². The van der Waals surface area contributed by atoms with Gasteiger partial charge < -0.3 is 9.73 Å². The van der Waals surface area contributed by atoms with E-state index in [4.69, 9.17) is 27.6 Å². The molecule has 2 aromatic rings. The Bertz CT molecular complexity index is 611. The lowest BCUT2D eigenvalue weighted by molar-refractivity contribution is -0.120. The molecule has 0 saturated carbocycles. The summed E-state index contributed by atoms with van der Waals surface area (Å²) in [6, 6.07) is 5.33. The van der Waals surface area contributed by atoms with Gasteiger partial charge >= 0.3 is 0 Å². The van der Waals surface area contributed by atoms with Crippen molar-refractivity contribution in [3.8, 4) is 0 Å². The average Bonchev–Trinajstić information content (AvgIpc) is 2.78. The van der Waals surface area contributed by atoms with Gasteiger partial charge in [0.25, 0.3) is 0 Å². The van der Waals surface area contributed by atoms with Crippen molar-refractivity contribution in [1.82, 2.24) is 10.3 Å². The predicted octanol–water partition coefficient (Wildman–Crippen LogP) is 3.19. The van der Waals surface area contributed by atoms with E-state index in [1.807, 2.05) is 6.07 Å². The average molecular weight is 313 g/mol. The first-order valence-corrected chi connectivity index (χ1v) is 6.91. The van der Waals surface area contributed by atoms with Crippen LogP contribution in [0.25, 0.3) is 0 Å². The maximum atomic E-state index is 11.7. The molecule has 0 fully saturated rings. The van der Waals surface area contributed by atoms with Gasteiger partial charge in [0, 0.05) is 16.6 Å². The smallest absolute Gasteiger partial charge is 0.227 e. The Kier molecular flexibility index (Phi) is 5.04. The zero-order valence-corrected chi connectivity index (χ0v) is 12.5. The van der Waals surface area contributed by atoms with E-state index in [9.17, 15) is 4.79 Å². The van der Waals surface area contributed by atoms with Gasteiger partial charge in [-0.2, -0.15) is 0 Å².